The van der Waals surface area contributed by atoms with Crippen LogP contribution < -0.4 is 11.1 Å². The molecule has 0 atom stereocenters. The molecular formula is C17H17N3S. The Kier molecular flexibility index (Phi) is 3.04. The molecule has 0 bridgehead atoms. The van der Waals surface area contributed by atoms with Gasteiger partial charge in [-0.3, -0.25) is 0 Å². The number of hydrogen-bond acceptors (Lipinski definition) is 4. The van der Waals surface area contributed by atoms with E-state index in [9.17, 15) is 0 Å². The third-order valence-corrected chi connectivity index (χ3v) is 4.90. The number of nitrogens with two attached hydrogens (primary N) is 1. The molecule has 1 fully saturated rings. The van der Waals surface area contributed by atoms with E-state index in [0.717, 1.165) is 11.5 Å². The van der Waals surface area contributed by atoms with Crippen molar-refractivity contribution in [1.29, 1.82) is 0 Å². The van der Waals surface area contributed by atoms with Crippen LogP contribution in [-0.2, 0) is 6.54 Å². The molecule has 1 aliphatic rings. The third-order valence-electron chi connectivity index (χ3n) is 4.06. The molecule has 4 rings (SSSR count). The maximum atomic E-state index is 6.00. The Bertz CT molecular complexity index is 784. The molecule has 1 aromatic heterocycles. The Hall–Kier alpha value is -2.07. The molecule has 4 heteroatoms. The molecule has 1 saturated carbocycles. The van der Waals surface area contributed by atoms with Gasteiger partial charge in [-0.15, -0.1) is 0 Å². The highest BCUT2D eigenvalue weighted by Gasteiger charge is 2.30. The topological polar surface area (TPSA) is 50.9 Å². The minimum absolute atomic E-state index is 0.624. The lowest BCUT2D eigenvalue weighted by molar-refractivity contribution is 1.11. The van der Waals surface area contributed by atoms with Crippen LogP contribution in [0, 0.1) is 0 Å². The Labute approximate surface area is 128 Å². The van der Waals surface area contributed by atoms with Gasteiger partial charge in [-0.05, 0) is 46.6 Å². The van der Waals surface area contributed by atoms with Gasteiger partial charge in [0.05, 0.1) is 0 Å². The van der Waals surface area contributed by atoms with Gasteiger partial charge in [0.15, 0.2) is 0 Å². The number of fused-ring (bicyclic) bond motifs is 1. The summed E-state index contributed by atoms with van der Waals surface area (Å²) in [6, 6.07) is 14.9. The van der Waals surface area contributed by atoms with Crippen LogP contribution >= 0.6 is 11.5 Å². The number of nitrogen functional groups attached to an aromatic ring is 1. The molecule has 1 heterocycles. The quantitative estimate of drug-likeness (QED) is 0.751. The molecule has 0 spiro atoms. The van der Waals surface area contributed by atoms with Crippen molar-refractivity contribution < 1.29 is 0 Å². The van der Waals surface area contributed by atoms with Crippen molar-refractivity contribution in [3.8, 4) is 0 Å². The summed E-state index contributed by atoms with van der Waals surface area (Å²) < 4.78 is 4.31. The first-order chi connectivity index (χ1) is 10.3. The number of aromatic nitrogens is 1. The van der Waals surface area contributed by atoms with Gasteiger partial charge < -0.3 is 11.1 Å². The van der Waals surface area contributed by atoms with Crippen LogP contribution in [0.25, 0.3) is 10.8 Å². The zero-order chi connectivity index (χ0) is 14.2. The predicted molar refractivity (Wildman–Crippen MR) is 89.8 cm³/mol. The standard InChI is InChI=1S/C17H17N3S/c18-16-15(12-8-9-12)17(21-20-16)19-10-13-6-3-5-11-4-1-2-7-14(11)13/h1-7,12,19H,8-10H2,(H2,18,20). The molecule has 0 amide bonds. The number of nitrogens with zero attached hydrogens (tertiary/aromatic N) is 1. The van der Waals surface area contributed by atoms with Crippen LogP contribution in [-0.4, -0.2) is 4.37 Å². The van der Waals surface area contributed by atoms with E-state index in [0.29, 0.717) is 11.7 Å². The SMILES string of the molecule is Nc1nsc(NCc2cccc3ccccc23)c1C1CC1. The Morgan fingerprint density at radius 3 is 2.81 bits per heavy atom. The summed E-state index contributed by atoms with van der Waals surface area (Å²) in [5.74, 6) is 1.33. The van der Waals surface area contributed by atoms with Crippen LogP contribution in [0.15, 0.2) is 42.5 Å². The van der Waals surface area contributed by atoms with Gasteiger partial charge in [0.25, 0.3) is 0 Å². The molecule has 3 nitrogen and oxygen atoms in total. The van der Waals surface area contributed by atoms with E-state index in [4.69, 9.17) is 5.73 Å². The zero-order valence-corrected chi connectivity index (χ0v) is 12.5. The van der Waals surface area contributed by atoms with E-state index in [1.165, 1.54) is 46.3 Å². The summed E-state index contributed by atoms with van der Waals surface area (Å²) in [4.78, 5) is 0. The highest BCUT2D eigenvalue weighted by atomic mass is 32.1. The minimum atomic E-state index is 0.624. The lowest BCUT2D eigenvalue weighted by atomic mass is 10.0. The molecule has 0 unspecified atom stereocenters. The van der Waals surface area contributed by atoms with Gasteiger partial charge in [-0.1, -0.05) is 42.5 Å². The van der Waals surface area contributed by atoms with Crippen molar-refractivity contribution in [2.75, 3.05) is 11.1 Å². The molecule has 3 N–H and O–H groups in total. The third kappa shape index (κ3) is 2.36. The number of nitrogens with one attached hydrogen (secondary N) is 1. The van der Waals surface area contributed by atoms with E-state index in [1.807, 2.05) is 0 Å². The molecule has 0 aliphatic heterocycles. The van der Waals surface area contributed by atoms with Crippen molar-refractivity contribution in [1.82, 2.24) is 4.37 Å². The number of hydrogen-bond donors (Lipinski definition) is 2. The molecule has 0 radical (unpaired) electrons. The lowest BCUT2D eigenvalue weighted by Crippen LogP contribution is -2.01. The van der Waals surface area contributed by atoms with Crippen LogP contribution in [0.5, 0.6) is 0 Å². The fourth-order valence-electron chi connectivity index (χ4n) is 2.83. The van der Waals surface area contributed by atoms with Gasteiger partial charge >= 0.3 is 0 Å². The van der Waals surface area contributed by atoms with E-state index < -0.39 is 0 Å². The largest absolute Gasteiger partial charge is 0.383 e. The average Bonchev–Trinajstić information content (AvgIpc) is 3.28. The van der Waals surface area contributed by atoms with E-state index in [2.05, 4.69) is 52.2 Å². The van der Waals surface area contributed by atoms with Gasteiger partial charge in [0.2, 0.25) is 0 Å². The van der Waals surface area contributed by atoms with Gasteiger partial charge in [-0.25, -0.2) is 0 Å². The maximum Gasteiger partial charge on any atom is 0.142 e. The Morgan fingerprint density at radius 2 is 1.95 bits per heavy atom. The summed E-state index contributed by atoms with van der Waals surface area (Å²) in [7, 11) is 0. The number of anilines is 2. The molecule has 0 saturated heterocycles. The first kappa shape index (κ1) is 12.7. The highest BCUT2D eigenvalue weighted by molar-refractivity contribution is 7.10. The normalized spacial score (nSPS) is 14.5. The smallest absolute Gasteiger partial charge is 0.142 e. The second-order valence-electron chi connectivity index (χ2n) is 5.58. The van der Waals surface area contributed by atoms with Gasteiger partial charge in [0, 0.05) is 12.1 Å². The van der Waals surface area contributed by atoms with Gasteiger partial charge in [0.1, 0.15) is 10.8 Å². The van der Waals surface area contributed by atoms with E-state index in [1.54, 1.807) is 0 Å². The van der Waals surface area contributed by atoms with Crippen LogP contribution in [0.1, 0.15) is 29.9 Å². The Morgan fingerprint density at radius 1 is 1.14 bits per heavy atom. The summed E-state index contributed by atoms with van der Waals surface area (Å²) in [5.41, 5.74) is 8.54. The van der Waals surface area contributed by atoms with Crippen molar-refractivity contribution >= 4 is 33.1 Å². The van der Waals surface area contributed by atoms with Gasteiger partial charge in [-0.2, -0.15) is 4.37 Å². The second-order valence-corrected chi connectivity index (χ2v) is 6.35. The summed E-state index contributed by atoms with van der Waals surface area (Å²) >= 11 is 1.48. The summed E-state index contributed by atoms with van der Waals surface area (Å²) in [5, 5.41) is 7.27. The minimum Gasteiger partial charge on any atom is -0.383 e. The molecule has 2 aromatic carbocycles. The summed E-state index contributed by atoms with van der Waals surface area (Å²) in [6.07, 6.45) is 2.48. The second kappa shape index (κ2) is 5.04. The Balaban J connectivity index is 1.61. The molecule has 21 heavy (non-hydrogen) atoms. The average molecular weight is 295 g/mol. The number of benzene rings is 2. The highest BCUT2D eigenvalue weighted by Crippen LogP contribution is 2.47. The zero-order valence-electron chi connectivity index (χ0n) is 11.7. The van der Waals surface area contributed by atoms with Crippen LogP contribution in [0.4, 0.5) is 10.8 Å². The fourth-order valence-corrected chi connectivity index (χ4v) is 3.62. The predicted octanol–water partition coefficient (Wildman–Crippen LogP) is 4.37. The summed E-state index contributed by atoms with van der Waals surface area (Å²) in [6.45, 7) is 0.808. The van der Waals surface area contributed by atoms with Crippen molar-refractivity contribution in [2.45, 2.75) is 25.3 Å². The lowest BCUT2D eigenvalue weighted by Gasteiger charge is -2.09. The van der Waals surface area contributed by atoms with E-state index in [-0.39, 0.29) is 0 Å². The van der Waals surface area contributed by atoms with Crippen molar-refractivity contribution in [3.63, 3.8) is 0 Å². The van der Waals surface area contributed by atoms with Crippen molar-refractivity contribution in [2.24, 2.45) is 0 Å². The molecule has 1 aliphatic carbocycles. The maximum absolute atomic E-state index is 6.00. The monoisotopic (exact) mass is 295 g/mol. The van der Waals surface area contributed by atoms with Crippen LogP contribution in [0.3, 0.4) is 0 Å². The van der Waals surface area contributed by atoms with E-state index >= 15 is 0 Å². The first-order valence-electron chi connectivity index (χ1n) is 7.28. The first-order valence-corrected chi connectivity index (χ1v) is 8.06. The molecule has 3 aromatic rings. The van der Waals surface area contributed by atoms with Crippen LogP contribution in [0.2, 0.25) is 0 Å². The number of rotatable bonds is 4. The van der Waals surface area contributed by atoms with Crippen molar-refractivity contribution in [3.05, 3.63) is 53.6 Å². The molecular weight excluding hydrogens is 278 g/mol. The fraction of sp³-hybridized carbons (Fsp3) is 0.235. The molecule has 106 valence electrons.